The summed E-state index contributed by atoms with van der Waals surface area (Å²) < 4.78 is 10.4. The van der Waals surface area contributed by atoms with E-state index in [9.17, 15) is 0 Å². The van der Waals surface area contributed by atoms with Crippen molar-refractivity contribution in [3.63, 3.8) is 0 Å². The van der Waals surface area contributed by atoms with E-state index in [4.69, 9.17) is 9.47 Å². The predicted octanol–water partition coefficient (Wildman–Crippen LogP) is 1.76. The van der Waals surface area contributed by atoms with Crippen molar-refractivity contribution in [3.05, 3.63) is 0 Å². The first-order chi connectivity index (χ1) is 6.85. The maximum atomic E-state index is 5.48. The molecule has 0 rings (SSSR count). The molecule has 0 unspecified atom stereocenters. The lowest BCUT2D eigenvalue weighted by Crippen LogP contribution is -2.29. The van der Waals surface area contributed by atoms with Crippen molar-refractivity contribution in [2.75, 3.05) is 51.9 Å². The minimum Gasteiger partial charge on any atom is -0.385 e. The molecule has 86 valence electrons. The van der Waals surface area contributed by atoms with Gasteiger partial charge in [-0.2, -0.15) is 0 Å². The lowest BCUT2D eigenvalue weighted by Gasteiger charge is -2.18. The molecule has 0 spiro atoms. The first-order valence-corrected chi connectivity index (χ1v) is 6.32. The number of hydrogen-bond donors (Lipinski definition) is 0. The van der Waals surface area contributed by atoms with Crippen molar-refractivity contribution < 1.29 is 9.47 Å². The molecule has 0 bridgehead atoms. The van der Waals surface area contributed by atoms with Crippen LogP contribution in [0.1, 0.15) is 13.3 Å². The zero-order valence-electron chi connectivity index (χ0n) is 9.30. The van der Waals surface area contributed by atoms with Crippen LogP contribution in [0.15, 0.2) is 0 Å². The Hall–Kier alpha value is 0.360. The molecule has 0 aromatic carbocycles. The maximum Gasteiger partial charge on any atom is 0.0593 e. The van der Waals surface area contributed by atoms with E-state index in [0.29, 0.717) is 0 Å². The van der Waals surface area contributed by atoms with Crippen LogP contribution in [-0.4, -0.2) is 56.8 Å². The van der Waals surface area contributed by atoms with Gasteiger partial charge >= 0.3 is 0 Å². The van der Waals surface area contributed by atoms with Gasteiger partial charge in [0.2, 0.25) is 0 Å². The van der Waals surface area contributed by atoms with E-state index >= 15 is 0 Å². The van der Waals surface area contributed by atoms with Crippen LogP contribution in [0.3, 0.4) is 0 Å². The topological polar surface area (TPSA) is 21.7 Å². The molecular weight excluding hydrogens is 246 g/mol. The lowest BCUT2D eigenvalue weighted by atomic mass is 10.4. The van der Waals surface area contributed by atoms with Crippen LogP contribution in [0.2, 0.25) is 0 Å². The monoisotopic (exact) mass is 267 g/mol. The van der Waals surface area contributed by atoms with Gasteiger partial charge in [0.15, 0.2) is 0 Å². The van der Waals surface area contributed by atoms with Crippen LogP contribution in [0.4, 0.5) is 0 Å². The van der Waals surface area contributed by atoms with Crippen LogP contribution in [0.25, 0.3) is 0 Å². The molecule has 0 radical (unpaired) electrons. The fourth-order valence-corrected chi connectivity index (χ4v) is 1.65. The third-order valence-electron chi connectivity index (χ3n) is 2.04. The molecule has 4 heteroatoms. The van der Waals surface area contributed by atoms with Crippen LogP contribution >= 0.6 is 15.9 Å². The summed E-state index contributed by atoms with van der Waals surface area (Å²) in [6.45, 7) is 7.80. The molecule has 0 aromatic rings. The van der Waals surface area contributed by atoms with Gasteiger partial charge in [0.25, 0.3) is 0 Å². The highest BCUT2D eigenvalue weighted by Crippen LogP contribution is 1.91. The van der Waals surface area contributed by atoms with Crippen molar-refractivity contribution in [2.45, 2.75) is 13.3 Å². The Balaban J connectivity index is 3.15. The van der Waals surface area contributed by atoms with Gasteiger partial charge in [0.1, 0.15) is 0 Å². The fraction of sp³-hybridized carbons (Fsp3) is 1.00. The molecular formula is C10H22BrNO2. The zero-order chi connectivity index (χ0) is 10.6. The highest BCUT2D eigenvalue weighted by molar-refractivity contribution is 9.09. The highest BCUT2D eigenvalue weighted by atomic mass is 79.9. The summed E-state index contributed by atoms with van der Waals surface area (Å²) in [5.74, 6) is 0. The van der Waals surface area contributed by atoms with E-state index in [1.54, 1.807) is 7.11 Å². The molecule has 0 aliphatic carbocycles. The Labute approximate surface area is 95.9 Å². The van der Waals surface area contributed by atoms with Crippen molar-refractivity contribution >= 4 is 15.9 Å². The standard InChI is InChI=1S/C10H22BrNO2/c1-3-12(6-5-11)7-10-14-9-4-8-13-2/h3-10H2,1-2H3. The number of hydrogen-bond acceptors (Lipinski definition) is 3. The van der Waals surface area contributed by atoms with E-state index in [1.807, 2.05) is 0 Å². The first kappa shape index (κ1) is 14.4. The van der Waals surface area contributed by atoms with Gasteiger partial charge in [0.05, 0.1) is 6.61 Å². The summed E-state index contributed by atoms with van der Waals surface area (Å²) in [6, 6.07) is 0. The van der Waals surface area contributed by atoms with Gasteiger partial charge in [-0.25, -0.2) is 0 Å². The minimum atomic E-state index is 0.791. The van der Waals surface area contributed by atoms with Crippen molar-refractivity contribution in [1.82, 2.24) is 4.90 Å². The molecule has 14 heavy (non-hydrogen) atoms. The van der Waals surface area contributed by atoms with E-state index in [0.717, 1.165) is 51.2 Å². The molecule has 0 heterocycles. The molecule has 0 saturated heterocycles. The fourth-order valence-electron chi connectivity index (χ4n) is 1.15. The molecule has 0 amide bonds. The Bertz CT molecular complexity index is 114. The molecule has 0 aromatic heterocycles. The third-order valence-corrected chi connectivity index (χ3v) is 2.39. The summed E-state index contributed by atoms with van der Waals surface area (Å²) in [5.41, 5.74) is 0. The van der Waals surface area contributed by atoms with Crippen molar-refractivity contribution in [2.24, 2.45) is 0 Å². The van der Waals surface area contributed by atoms with Crippen molar-refractivity contribution in [3.8, 4) is 0 Å². The molecule has 0 saturated carbocycles. The molecule has 0 atom stereocenters. The summed E-state index contributed by atoms with van der Waals surface area (Å²) >= 11 is 3.43. The zero-order valence-corrected chi connectivity index (χ0v) is 10.9. The molecule has 0 fully saturated rings. The van der Waals surface area contributed by atoms with Gasteiger partial charge in [-0.1, -0.05) is 22.9 Å². The van der Waals surface area contributed by atoms with Gasteiger partial charge < -0.3 is 14.4 Å². The summed E-state index contributed by atoms with van der Waals surface area (Å²) in [4.78, 5) is 2.37. The van der Waals surface area contributed by atoms with Gasteiger partial charge in [-0.05, 0) is 13.0 Å². The number of methoxy groups -OCH3 is 1. The largest absolute Gasteiger partial charge is 0.385 e. The number of alkyl halides is 1. The number of halogens is 1. The quantitative estimate of drug-likeness (QED) is 0.445. The van der Waals surface area contributed by atoms with Crippen LogP contribution < -0.4 is 0 Å². The maximum absolute atomic E-state index is 5.48. The normalized spacial score (nSPS) is 11.1. The number of likely N-dealkylation sites (N-methyl/N-ethyl adjacent to an activating group) is 1. The summed E-state index contributed by atoms with van der Waals surface area (Å²) in [7, 11) is 1.72. The van der Waals surface area contributed by atoms with E-state index < -0.39 is 0 Å². The van der Waals surface area contributed by atoms with Crippen molar-refractivity contribution in [1.29, 1.82) is 0 Å². The highest BCUT2D eigenvalue weighted by Gasteiger charge is 1.99. The van der Waals surface area contributed by atoms with Crippen LogP contribution in [-0.2, 0) is 9.47 Å². The molecule has 0 aliphatic heterocycles. The average molecular weight is 268 g/mol. The van der Waals surface area contributed by atoms with Gasteiger partial charge in [0, 0.05) is 38.7 Å². The van der Waals surface area contributed by atoms with E-state index in [2.05, 4.69) is 27.8 Å². The minimum absolute atomic E-state index is 0.791. The number of rotatable bonds is 10. The second kappa shape index (κ2) is 11.4. The SMILES string of the molecule is CCN(CCBr)CCOCCCOC. The number of ether oxygens (including phenoxy) is 2. The molecule has 0 N–H and O–H groups in total. The van der Waals surface area contributed by atoms with Gasteiger partial charge in [-0.3, -0.25) is 0 Å². The van der Waals surface area contributed by atoms with Crippen LogP contribution in [0, 0.1) is 0 Å². The van der Waals surface area contributed by atoms with Crippen LogP contribution in [0.5, 0.6) is 0 Å². The Morgan fingerprint density at radius 3 is 2.50 bits per heavy atom. The second-order valence-electron chi connectivity index (χ2n) is 3.08. The lowest BCUT2D eigenvalue weighted by molar-refractivity contribution is 0.0862. The first-order valence-electron chi connectivity index (χ1n) is 5.20. The Morgan fingerprint density at radius 1 is 1.14 bits per heavy atom. The predicted molar refractivity (Wildman–Crippen MR) is 63.2 cm³/mol. The number of nitrogens with zero attached hydrogens (tertiary/aromatic N) is 1. The van der Waals surface area contributed by atoms with Gasteiger partial charge in [-0.15, -0.1) is 0 Å². The second-order valence-corrected chi connectivity index (χ2v) is 3.87. The average Bonchev–Trinajstić information content (AvgIpc) is 2.21. The van der Waals surface area contributed by atoms with E-state index in [-0.39, 0.29) is 0 Å². The summed E-state index contributed by atoms with van der Waals surface area (Å²) in [5, 5.41) is 1.03. The van der Waals surface area contributed by atoms with E-state index in [1.165, 1.54) is 0 Å². The molecule has 0 aliphatic rings. The smallest absolute Gasteiger partial charge is 0.0593 e. The Kier molecular flexibility index (Phi) is 11.7. The summed E-state index contributed by atoms with van der Waals surface area (Å²) in [6.07, 6.45) is 0.987. The molecule has 3 nitrogen and oxygen atoms in total. The third kappa shape index (κ3) is 8.94. The Morgan fingerprint density at radius 2 is 1.93 bits per heavy atom.